The average Bonchev–Trinajstić information content (AvgIpc) is 2.48. The van der Waals surface area contributed by atoms with E-state index >= 15 is 0 Å². The minimum absolute atomic E-state index is 0.125. The Balaban J connectivity index is 2.74. The van der Waals surface area contributed by atoms with Crippen LogP contribution in [0, 0.1) is 6.92 Å². The molecule has 0 aromatic heterocycles. The quantitative estimate of drug-likeness (QED) is 0.490. The van der Waals surface area contributed by atoms with Crippen LogP contribution in [0.25, 0.3) is 10.8 Å². The fourth-order valence-electron chi connectivity index (χ4n) is 2.14. The number of carbonyl (C=O) groups excluding carboxylic acids is 2. The number of fused-ring (bicyclic) bond motifs is 1. The Morgan fingerprint density at radius 2 is 1.70 bits per heavy atom. The van der Waals surface area contributed by atoms with E-state index in [0.717, 1.165) is 10.9 Å². The standard InChI is InChI=1S/C18H18O5/c1-10(2)18(20)23-17-13-7-6-11(3)8-14(13)15(21-5)9-16(17)22-12(4)19/h6-9H,1H2,2-5H3. The Kier molecular flexibility index (Phi) is 4.69. The van der Waals surface area contributed by atoms with E-state index in [-0.39, 0.29) is 17.1 Å². The Morgan fingerprint density at radius 1 is 1.00 bits per heavy atom. The summed E-state index contributed by atoms with van der Waals surface area (Å²) >= 11 is 0. The predicted molar refractivity (Wildman–Crippen MR) is 87.0 cm³/mol. The second-order valence-corrected chi connectivity index (χ2v) is 5.22. The fourth-order valence-corrected chi connectivity index (χ4v) is 2.14. The number of rotatable bonds is 4. The molecule has 0 amide bonds. The number of esters is 2. The first-order valence-corrected chi connectivity index (χ1v) is 7.01. The van der Waals surface area contributed by atoms with Gasteiger partial charge >= 0.3 is 11.9 Å². The zero-order valence-electron chi connectivity index (χ0n) is 13.6. The second-order valence-electron chi connectivity index (χ2n) is 5.22. The molecule has 0 spiro atoms. The number of methoxy groups -OCH3 is 1. The number of benzene rings is 2. The summed E-state index contributed by atoms with van der Waals surface area (Å²) in [4.78, 5) is 23.3. The largest absolute Gasteiger partial charge is 0.496 e. The van der Waals surface area contributed by atoms with Crippen LogP contribution in [0.4, 0.5) is 0 Å². The van der Waals surface area contributed by atoms with E-state index in [2.05, 4.69) is 6.58 Å². The van der Waals surface area contributed by atoms with Crippen LogP contribution in [0.3, 0.4) is 0 Å². The summed E-state index contributed by atoms with van der Waals surface area (Å²) in [5.41, 5.74) is 1.27. The van der Waals surface area contributed by atoms with Crippen molar-refractivity contribution in [2.45, 2.75) is 20.8 Å². The third-order valence-corrected chi connectivity index (χ3v) is 3.19. The van der Waals surface area contributed by atoms with Gasteiger partial charge in [0.15, 0.2) is 11.5 Å². The van der Waals surface area contributed by atoms with Crippen LogP contribution in [0.1, 0.15) is 19.4 Å². The molecule has 2 aromatic carbocycles. The molecule has 0 aliphatic carbocycles. The van der Waals surface area contributed by atoms with Gasteiger partial charge < -0.3 is 14.2 Å². The molecule has 5 nitrogen and oxygen atoms in total. The van der Waals surface area contributed by atoms with E-state index in [1.54, 1.807) is 13.0 Å². The minimum Gasteiger partial charge on any atom is -0.496 e. The lowest BCUT2D eigenvalue weighted by Gasteiger charge is -2.15. The maximum Gasteiger partial charge on any atom is 0.338 e. The number of ether oxygens (including phenoxy) is 3. The zero-order valence-corrected chi connectivity index (χ0v) is 13.6. The van der Waals surface area contributed by atoms with Gasteiger partial charge in [-0.05, 0) is 19.9 Å². The van der Waals surface area contributed by atoms with Crippen molar-refractivity contribution in [1.82, 2.24) is 0 Å². The van der Waals surface area contributed by atoms with Crippen LogP contribution in [-0.4, -0.2) is 19.0 Å². The van der Waals surface area contributed by atoms with Gasteiger partial charge in [-0.15, -0.1) is 0 Å². The first-order chi connectivity index (χ1) is 10.8. The van der Waals surface area contributed by atoms with Gasteiger partial charge in [-0.1, -0.05) is 24.3 Å². The molecule has 0 saturated heterocycles. The first kappa shape index (κ1) is 16.5. The summed E-state index contributed by atoms with van der Waals surface area (Å²) in [5.74, 6) is -0.295. The monoisotopic (exact) mass is 314 g/mol. The van der Waals surface area contributed by atoms with Crippen molar-refractivity contribution in [1.29, 1.82) is 0 Å². The molecule has 0 atom stereocenters. The molecule has 2 aromatic rings. The highest BCUT2D eigenvalue weighted by Crippen LogP contribution is 2.42. The van der Waals surface area contributed by atoms with Crippen molar-refractivity contribution < 1.29 is 23.8 Å². The predicted octanol–water partition coefficient (Wildman–Crippen LogP) is 3.56. The normalized spacial score (nSPS) is 10.3. The van der Waals surface area contributed by atoms with Crippen molar-refractivity contribution in [2.75, 3.05) is 7.11 Å². The summed E-state index contributed by atoms with van der Waals surface area (Å²) in [6, 6.07) is 7.10. The molecular formula is C18H18O5. The van der Waals surface area contributed by atoms with Crippen molar-refractivity contribution in [3.05, 3.63) is 42.0 Å². The van der Waals surface area contributed by atoms with Crippen molar-refractivity contribution >= 4 is 22.7 Å². The van der Waals surface area contributed by atoms with Gasteiger partial charge in [-0.25, -0.2) is 4.79 Å². The van der Waals surface area contributed by atoms with Crippen LogP contribution in [0.5, 0.6) is 17.2 Å². The van der Waals surface area contributed by atoms with Gasteiger partial charge in [0.05, 0.1) is 7.11 Å². The summed E-state index contributed by atoms with van der Waals surface area (Å²) < 4.78 is 15.9. The van der Waals surface area contributed by atoms with Crippen LogP contribution < -0.4 is 14.2 Å². The highest BCUT2D eigenvalue weighted by atomic mass is 16.6. The lowest BCUT2D eigenvalue weighted by molar-refractivity contribution is -0.133. The topological polar surface area (TPSA) is 61.8 Å². The van der Waals surface area contributed by atoms with Crippen molar-refractivity contribution in [3.63, 3.8) is 0 Å². The molecular weight excluding hydrogens is 296 g/mol. The van der Waals surface area contributed by atoms with Crippen LogP contribution in [0.15, 0.2) is 36.4 Å². The van der Waals surface area contributed by atoms with E-state index in [1.165, 1.54) is 20.1 Å². The first-order valence-electron chi connectivity index (χ1n) is 7.01. The third kappa shape index (κ3) is 3.51. The Hall–Kier alpha value is -2.82. The Labute approximate surface area is 134 Å². The average molecular weight is 314 g/mol. The van der Waals surface area contributed by atoms with E-state index in [9.17, 15) is 9.59 Å². The molecule has 0 radical (unpaired) electrons. The SMILES string of the molecule is C=C(C)C(=O)Oc1c(OC(C)=O)cc(OC)c2cc(C)ccc12. The van der Waals surface area contributed by atoms with Crippen LogP contribution in [-0.2, 0) is 9.59 Å². The molecule has 120 valence electrons. The maximum atomic E-state index is 11.9. The van der Waals surface area contributed by atoms with Gasteiger partial charge in [0.2, 0.25) is 0 Å². The van der Waals surface area contributed by atoms with E-state index in [4.69, 9.17) is 14.2 Å². The van der Waals surface area contributed by atoms with Crippen molar-refractivity contribution in [3.8, 4) is 17.2 Å². The van der Waals surface area contributed by atoms with Crippen LogP contribution in [0.2, 0.25) is 0 Å². The Morgan fingerprint density at radius 3 is 2.26 bits per heavy atom. The third-order valence-electron chi connectivity index (χ3n) is 3.19. The van der Waals surface area contributed by atoms with Gasteiger partial charge in [0.25, 0.3) is 0 Å². The molecule has 23 heavy (non-hydrogen) atoms. The van der Waals surface area contributed by atoms with Gasteiger partial charge in [0.1, 0.15) is 5.75 Å². The molecule has 0 heterocycles. The number of hydrogen-bond donors (Lipinski definition) is 0. The van der Waals surface area contributed by atoms with E-state index in [0.29, 0.717) is 11.1 Å². The van der Waals surface area contributed by atoms with Gasteiger partial charge in [0, 0.05) is 29.3 Å². The van der Waals surface area contributed by atoms with Gasteiger partial charge in [-0.2, -0.15) is 0 Å². The number of carbonyl (C=O) groups is 2. The zero-order chi connectivity index (χ0) is 17.1. The molecule has 0 N–H and O–H groups in total. The van der Waals surface area contributed by atoms with Crippen LogP contribution >= 0.6 is 0 Å². The Bertz CT molecular complexity index is 805. The van der Waals surface area contributed by atoms with Crippen molar-refractivity contribution in [2.24, 2.45) is 0 Å². The highest BCUT2D eigenvalue weighted by molar-refractivity contribution is 5.99. The number of hydrogen-bond acceptors (Lipinski definition) is 5. The smallest absolute Gasteiger partial charge is 0.338 e. The minimum atomic E-state index is -0.592. The lowest BCUT2D eigenvalue weighted by atomic mass is 10.0. The summed E-state index contributed by atoms with van der Waals surface area (Å²) in [7, 11) is 1.52. The molecule has 2 rings (SSSR count). The molecule has 0 aliphatic heterocycles. The summed E-state index contributed by atoms with van der Waals surface area (Å²) in [5, 5.41) is 1.37. The number of aryl methyl sites for hydroxylation is 1. The van der Waals surface area contributed by atoms with E-state index < -0.39 is 11.9 Å². The molecule has 0 bridgehead atoms. The van der Waals surface area contributed by atoms with Gasteiger partial charge in [-0.3, -0.25) is 4.79 Å². The molecule has 0 saturated carbocycles. The maximum absolute atomic E-state index is 11.9. The summed E-state index contributed by atoms with van der Waals surface area (Å²) in [6.07, 6.45) is 0. The molecule has 0 fully saturated rings. The fraction of sp³-hybridized carbons (Fsp3) is 0.222. The molecule has 0 aliphatic rings. The lowest BCUT2D eigenvalue weighted by Crippen LogP contribution is -2.11. The second kappa shape index (κ2) is 6.52. The molecule has 5 heteroatoms. The molecule has 0 unspecified atom stereocenters. The van der Waals surface area contributed by atoms with E-state index in [1.807, 2.05) is 19.1 Å². The summed E-state index contributed by atoms with van der Waals surface area (Å²) in [6.45, 7) is 8.32. The highest BCUT2D eigenvalue weighted by Gasteiger charge is 2.19.